The number of carbonyl (C=O) groups excluding carboxylic acids is 1. The molecule has 0 atom stereocenters. The first-order chi connectivity index (χ1) is 9.24. The molecular formula is C16H13NO2. The van der Waals surface area contributed by atoms with E-state index in [9.17, 15) is 4.79 Å². The molecule has 0 aliphatic heterocycles. The van der Waals surface area contributed by atoms with Gasteiger partial charge in [-0.25, -0.2) is 0 Å². The van der Waals surface area contributed by atoms with Gasteiger partial charge in [0.15, 0.2) is 5.78 Å². The molecule has 0 unspecified atom stereocenters. The first-order valence-corrected chi connectivity index (χ1v) is 6.05. The van der Waals surface area contributed by atoms with Gasteiger partial charge in [0, 0.05) is 12.0 Å². The average Bonchev–Trinajstić information content (AvgIpc) is 2.47. The number of nitriles is 1. The number of rotatable bonds is 4. The number of benzene rings is 2. The molecule has 0 bridgehead atoms. The molecule has 0 N–H and O–H groups in total. The van der Waals surface area contributed by atoms with E-state index in [1.165, 1.54) is 0 Å². The molecule has 2 rings (SSSR count). The fraction of sp³-hybridized carbons (Fsp3) is 0.125. The van der Waals surface area contributed by atoms with Crippen molar-refractivity contribution in [3.05, 3.63) is 59.7 Å². The van der Waals surface area contributed by atoms with Crippen LogP contribution in [-0.2, 0) is 0 Å². The van der Waals surface area contributed by atoms with Crippen molar-refractivity contribution in [2.24, 2.45) is 0 Å². The number of ketones is 1. The molecule has 0 spiro atoms. The van der Waals surface area contributed by atoms with Gasteiger partial charge in [0.1, 0.15) is 17.6 Å². The zero-order valence-corrected chi connectivity index (χ0v) is 10.6. The molecule has 2 aromatic rings. The second kappa shape index (κ2) is 5.83. The minimum atomic E-state index is 0.0685. The van der Waals surface area contributed by atoms with Gasteiger partial charge in [0.2, 0.25) is 0 Å². The lowest BCUT2D eigenvalue weighted by molar-refractivity contribution is 0.0988. The minimum absolute atomic E-state index is 0.0685. The largest absolute Gasteiger partial charge is 0.456 e. The second-order valence-corrected chi connectivity index (χ2v) is 4.01. The van der Waals surface area contributed by atoms with Crippen LogP contribution in [0.3, 0.4) is 0 Å². The Morgan fingerprint density at radius 2 is 2.00 bits per heavy atom. The van der Waals surface area contributed by atoms with Gasteiger partial charge in [-0.05, 0) is 24.3 Å². The number of carbonyl (C=O) groups is 1. The van der Waals surface area contributed by atoms with Gasteiger partial charge >= 0.3 is 0 Å². The van der Waals surface area contributed by atoms with Crippen LogP contribution in [0, 0.1) is 11.3 Å². The Bertz CT molecular complexity index is 641. The maximum absolute atomic E-state index is 11.6. The van der Waals surface area contributed by atoms with E-state index in [1.54, 1.807) is 48.5 Å². The third-order valence-corrected chi connectivity index (χ3v) is 2.71. The summed E-state index contributed by atoms with van der Waals surface area (Å²) in [5.41, 5.74) is 1.09. The molecule has 0 fully saturated rings. The molecule has 19 heavy (non-hydrogen) atoms. The summed E-state index contributed by atoms with van der Waals surface area (Å²) in [5.74, 6) is 1.12. The van der Waals surface area contributed by atoms with Crippen LogP contribution in [0.2, 0.25) is 0 Å². The minimum Gasteiger partial charge on any atom is -0.456 e. The third kappa shape index (κ3) is 2.99. The van der Waals surface area contributed by atoms with Crippen molar-refractivity contribution < 1.29 is 9.53 Å². The first-order valence-electron chi connectivity index (χ1n) is 6.05. The van der Waals surface area contributed by atoms with Gasteiger partial charge < -0.3 is 4.74 Å². The Balaban J connectivity index is 2.29. The van der Waals surface area contributed by atoms with Gasteiger partial charge in [-0.3, -0.25) is 4.79 Å². The molecule has 0 saturated carbocycles. The summed E-state index contributed by atoms with van der Waals surface area (Å²) >= 11 is 0. The third-order valence-electron chi connectivity index (χ3n) is 2.71. The Kier molecular flexibility index (Phi) is 3.94. The normalized spacial score (nSPS) is 9.68. The van der Waals surface area contributed by atoms with Gasteiger partial charge in [-0.1, -0.05) is 31.2 Å². The summed E-state index contributed by atoms with van der Waals surface area (Å²) in [7, 11) is 0. The first kappa shape index (κ1) is 12.8. The highest BCUT2D eigenvalue weighted by atomic mass is 16.5. The zero-order valence-electron chi connectivity index (χ0n) is 10.6. The molecule has 3 heteroatoms. The maximum atomic E-state index is 11.6. The van der Waals surface area contributed by atoms with E-state index in [0.29, 0.717) is 29.0 Å². The van der Waals surface area contributed by atoms with Crippen molar-refractivity contribution in [1.82, 2.24) is 0 Å². The molecule has 94 valence electrons. The molecule has 0 radical (unpaired) electrons. The smallest absolute Gasteiger partial charge is 0.162 e. The lowest BCUT2D eigenvalue weighted by Gasteiger charge is -2.08. The van der Waals surface area contributed by atoms with Crippen LogP contribution >= 0.6 is 0 Å². The van der Waals surface area contributed by atoms with Gasteiger partial charge in [-0.15, -0.1) is 0 Å². The van der Waals surface area contributed by atoms with Crippen LogP contribution < -0.4 is 4.74 Å². The van der Waals surface area contributed by atoms with Crippen LogP contribution in [-0.4, -0.2) is 5.78 Å². The van der Waals surface area contributed by atoms with Crippen LogP contribution in [0.4, 0.5) is 0 Å². The Morgan fingerprint density at radius 1 is 1.21 bits per heavy atom. The summed E-state index contributed by atoms with van der Waals surface area (Å²) in [6, 6.07) is 16.1. The van der Waals surface area contributed by atoms with Crippen molar-refractivity contribution in [3.63, 3.8) is 0 Å². The Morgan fingerprint density at radius 3 is 2.74 bits per heavy atom. The second-order valence-electron chi connectivity index (χ2n) is 4.01. The van der Waals surface area contributed by atoms with E-state index in [2.05, 4.69) is 6.07 Å². The highest BCUT2D eigenvalue weighted by molar-refractivity contribution is 5.96. The lowest BCUT2D eigenvalue weighted by atomic mass is 10.1. The SMILES string of the molecule is CCC(=O)c1cccc(Oc2ccccc2C#N)c1. The Labute approximate surface area is 112 Å². The molecule has 2 aromatic carbocycles. The van der Waals surface area contributed by atoms with E-state index in [-0.39, 0.29) is 5.78 Å². The number of Topliss-reactive ketones (excluding diaryl/α,β-unsaturated/α-hetero) is 1. The Hall–Kier alpha value is -2.60. The van der Waals surface area contributed by atoms with Crippen LogP contribution in [0.25, 0.3) is 0 Å². The van der Waals surface area contributed by atoms with Crippen molar-refractivity contribution in [1.29, 1.82) is 5.26 Å². The molecule has 0 amide bonds. The number of ether oxygens (including phenoxy) is 1. The molecule has 0 aliphatic carbocycles. The number of nitrogens with zero attached hydrogens (tertiary/aromatic N) is 1. The standard InChI is InChI=1S/C16H13NO2/c1-2-15(18)12-7-5-8-14(10-12)19-16-9-4-3-6-13(16)11-17/h3-10H,2H2,1H3. The molecule has 0 aromatic heterocycles. The average molecular weight is 251 g/mol. The number of hydrogen-bond acceptors (Lipinski definition) is 3. The van der Waals surface area contributed by atoms with Crippen molar-refractivity contribution >= 4 is 5.78 Å². The van der Waals surface area contributed by atoms with Crippen molar-refractivity contribution in [3.8, 4) is 17.6 Å². The molecule has 0 heterocycles. The van der Waals surface area contributed by atoms with E-state index in [4.69, 9.17) is 10.00 Å². The fourth-order valence-electron chi connectivity index (χ4n) is 1.71. The summed E-state index contributed by atoms with van der Waals surface area (Å²) in [4.78, 5) is 11.6. The van der Waals surface area contributed by atoms with Gasteiger partial charge in [0.05, 0.1) is 5.56 Å². The highest BCUT2D eigenvalue weighted by Gasteiger charge is 2.07. The zero-order chi connectivity index (χ0) is 13.7. The number of para-hydroxylation sites is 1. The highest BCUT2D eigenvalue weighted by Crippen LogP contribution is 2.25. The number of hydrogen-bond donors (Lipinski definition) is 0. The molecule has 0 saturated heterocycles. The van der Waals surface area contributed by atoms with E-state index in [0.717, 1.165) is 0 Å². The summed E-state index contributed by atoms with van der Waals surface area (Å²) in [6.07, 6.45) is 0.457. The van der Waals surface area contributed by atoms with Crippen LogP contribution in [0.5, 0.6) is 11.5 Å². The van der Waals surface area contributed by atoms with Gasteiger partial charge in [-0.2, -0.15) is 5.26 Å². The predicted molar refractivity (Wildman–Crippen MR) is 72.3 cm³/mol. The van der Waals surface area contributed by atoms with Crippen molar-refractivity contribution in [2.45, 2.75) is 13.3 Å². The molecule has 0 aliphatic rings. The summed E-state index contributed by atoms with van der Waals surface area (Å²) in [6.45, 7) is 1.82. The fourth-order valence-corrected chi connectivity index (χ4v) is 1.71. The monoisotopic (exact) mass is 251 g/mol. The quantitative estimate of drug-likeness (QED) is 0.773. The van der Waals surface area contributed by atoms with Gasteiger partial charge in [0.25, 0.3) is 0 Å². The van der Waals surface area contributed by atoms with Crippen LogP contribution in [0.1, 0.15) is 29.3 Å². The molecule has 3 nitrogen and oxygen atoms in total. The van der Waals surface area contributed by atoms with Crippen molar-refractivity contribution in [2.75, 3.05) is 0 Å². The summed E-state index contributed by atoms with van der Waals surface area (Å²) < 4.78 is 5.66. The topological polar surface area (TPSA) is 50.1 Å². The predicted octanol–water partition coefficient (Wildman–Crippen LogP) is 3.94. The van der Waals surface area contributed by atoms with E-state index in [1.807, 2.05) is 6.92 Å². The maximum Gasteiger partial charge on any atom is 0.162 e. The lowest BCUT2D eigenvalue weighted by Crippen LogP contribution is -1.96. The van der Waals surface area contributed by atoms with E-state index < -0.39 is 0 Å². The van der Waals surface area contributed by atoms with E-state index >= 15 is 0 Å². The molecular weight excluding hydrogens is 238 g/mol. The van der Waals surface area contributed by atoms with Crippen LogP contribution in [0.15, 0.2) is 48.5 Å². The summed E-state index contributed by atoms with van der Waals surface area (Å²) in [5, 5.41) is 8.99.